The van der Waals surface area contributed by atoms with E-state index in [0.717, 1.165) is 5.56 Å². The highest BCUT2D eigenvalue weighted by molar-refractivity contribution is 5.97. The minimum atomic E-state index is -0.388. The van der Waals surface area contributed by atoms with E-state index in [1.807, 2.05) is 0 Å². The summed E-state index contributed by atoms with van der Waals surface area (Å²) in [5, 5.41) is 9.84. The van der Waals surface area contributed by atoms with E-state index in [0.29, 0.717) is 23.3 Å². The van der Waals surface area contributed by atoms with Gasteiger partial charge >= 0.3 is 5.97 Å². The van der Waals surface area contributed by atoms with Crippen molar-refractivity contribution in [3.05, 3.63) is 47.1 Å². The summed E-state index contributed by atoms with van der Waals surface area (Å²) in [5.41, 5.74) is 2.26. The minimum absolute atomic E-state index is 0.0637. The molecule has 0 amide bonds. The van der Waals surface area contributed by atoms with Crippen LogP contribution in [0.5, 0.6) is 11.5 Å². The summed E-state index contributed by atoms with van der Waals surface area (Å²) in [4.78, 5) is 23.1. The van der Waals surface area contributed by atoms with Gasteiger partial charge in [-0.15, -0.1) is 0 Å². The number of rotatable bonds is 5. The lowest BCUT2D eigenvalue weighted by molar-refractivity contribution is -0.138. The second-order valence-corrected chi connectivity index (χ2v) is 5.55. The molecule has 0 radical (unpaired) electrons. The Morgan fingerprint density at radius 3 is 2.74 bits per heavy atom. The van der Waals surface area contributed by atoms with Gasteiger partial charge in [0.05, 0.1) is 5.56 Å². The first-order chi connectivity index (χ1) is 10.8. The lowest BCUT2D eigenvalue weighted by Gasteiger charge is -2.14. The van der Waals surface area contributed by atoms with Crippen LogP contribution in [0.25, 0.3) is 0 Å². The molecule has 1 aliphatic rings. The number of phenols is 1. The van der Waals surface area contributed by atoms with Gasteiger partial charge < -0.3 is 14.6 Å². The molecule has 0 aliphatic carbocycles. The third-order valence-electron chi connectivity index (χ3n) is 3.83. The van der Waals surface area contributed by atoms with E-state index in [1.54, 1.807) is 26.0 Å². The van der Waals surface area contributed by atoms with E-state index in [9.17, 15) is 14.7 Å². The standard InChI is InChI=1S/C18H20O5/c1-5-10(2)18(21)22-9-11(3)16-7-13-6-14(12(4)19)15(20)8-17(13)23-16/h5-6,8,16,20H,3,7,9H2,1-2,4H3. The summed E-state index contributed by atoms with van der Waals surface area (Å²) in [5.74, 6) is -0.170. The van der Waals surface area contributed by atoms with Gasteiger partial charge in [-0.25, -0.2) is 4.79 Å². The van der Waals surface area contributed by atoms with E-state index in [4.69, 9.17) is 9.47 Å². The van der Waals surface area contributed by atoms with Gasteiger partial charge in [-0.2, -0.15) is 0 Å². The maximum Gasteiger partial charge on any atom is 0.333 e. The Bertz CT molecular complexity index is 700. The number of Topliss-reactive ketones (excluding diaryl/α,β-unsaturated/α-hetero) is 1. The van der Waals surface area contributed by atoms with Gasteiger partial charge in [0.2, 0.25) is 0 Å². The van der Waals surface area contributed by atoms with Gasteiger partial charge in [-0.3, -0.25) is 4.79 Å². The molecule has 1 unspecified atom stereocenters. The Morgan fingerprint density at radius 2 is 2.13 bits per heavy atom. The average Bonchev–Trinajstić information content (AvgIpc) is 2.93. The zero-order valence-electron chi connectivity index (χ0n) is 13.5. The average molecular weight is 316 g/mol. The molecule has 5 heteroatoms. The molecular weight excluding hydrogens is 296 g/mol. The van der Waals surface area contributed by atoms with E-state index >= 15 is 0 Å². The van der Waals surface area contributed by atoms with Crippen molar-refractivity contribution < 1.29 is 24.2 Å². The number of carbonyl (C=O) groups excluding carboxylic acids is 2. The maximum absolute atomic E-state index is 11.6. The molecule has 0 saturated carbocycles. The van der Waals surface area contributed by atoms with Crippen molar-refractivity contribution in [2.75, 3.05) is 6.61 Å². The van der Waals surface area contributed by atoms with Crippen LogP contribution in [-0.4, -0.2) is 29.6 Å². The molecule has 0 fully saturated rings. The number of fused-ring (bicyclic) bond motifs is 1. The van der Waals surface area contributed by atoms with Crippen LogP contribution in [0, 0.1) is 0 Å². The molecule has 1 aromatic rings. The predicted molar refractivity (Wildman–Crippen MR) is 85.8 cm³/mol. The van der Waals surface area contributed by atoms with Crippen LogP contribution < -0.4 is 4.74 Å². The fourth-order valence-corrected chi connectivity index (χ4v) is 2.27. The number of aromatic hydroxyl groups is 1. The van der Waals surface area contributed by atoms with Crippen molar-refractivity contribution in [2.45, 2.75) is 33.3 Å². The van der Waals surface area contributed by atoms with Crippen LogP contribution in [0.1, 0.15) is 36.7 Å². The van der Waals surface area contributed by atoms with Crippen LogP contribution in [0.15, 0.2) is 35.9 Å². The van der Waals surface area contributed by atoms with Gasteiger partial charge in [-0.05, 0) is 32.4 Å². The molecule has 1 aromatic carbocycles. The minimum Gasteiger partial charge on any atom is -0.507 e. The summed E-state index contributed by atoms with van der Waals surface area (Å²) in [7, 11) is 0. The van der Waals surface area contributed by atoms with Gasteiger partial charge in [0.25, 0.3) is 0 Å². The third-order valence-corrected chi connectivity index (χ3v) is 3.83. The normalized spacial score (nSPS) is 16.5. The summed E-state index contributed by atoms with van der Waals surface area (Å²) >= 11 is 0. The Balaban J connectivity index is 2.03. The summed E-state index contributed by atoms with van der Waals surface area (Å²) in [6.07, 6.45) is 1.86. The van der Waals surface area contributed by atoms with Gasteiger partial charge in [0.15, 0.2) is 5.78 Å². The van der Waals surface area contributed by atoms with Gasteiger partial charge in [0, 0.05) is 23.6 Å². The summed E-state index contributed by atoms with van der Waals surface area (Å²) < 4.78 is 10.9. The second kappa shape index (κ2) is 6.69. The van der Waals surface area contributed by atoms with Crippen LogP contribution in [-0.2, 0) is 16.0 Å². The van der Waals surface area contributed by atoms with Gasteiger partial charge in [0.1, 0.15) is 24.2 Å². The van der Waals surface area contributed by atoms with Crippen molar-refractivity contribution in [1.29, 1.82) is 0 Å². The first-order valence-corrected chi connectivity index (χ1v) is 7.34. The second-order valence-electron chi connectivity index (χ2n) is 5.55. The summed E-state index contributed by atoms with van der Waals surface area (Å²) in [6.45, 7) is 8.81. The molecular formula is C18H20O5. The van der Waals surface area contributed by atoms with Gasteiger partial charge in [-0.1, -0.05) is 12.7 Å². The highest BCUT2D eigenvalue weighted by Gasteiger charge is 2.28. The number of ketones is 1. The maximum atomic E-state index is 11.6. The van der Waals surface area contributed by atoms with Crippen LogP contribution in [0.3, 0.4) is 0 Å². The fraction of sp³-hybridized carbons (Fsp3) is 0.333. The molecule has 2 rings (SSSR count). The number of hydrogen-bond donors (Lipinski definition) is 1. The van der Waals surface area contributed by atoms with Crippen LogP contribution in [0.2, 0.25) is 0 Å². The molecule has 0 spiro atoms. The predicted octanol–water partition coefficient (Wildman–Crippen LogP) is 2.96. The molecule has 1 N–H and O–H groups in total. The number of hydrogen-bond acceptors (Lipinski definition) is 5. The zero-order chi connectivity index (χ0) is 17.1. The molecule has 1 atom stereocenters. The Morgan fingerprint density at radius 1 is 1.43 bits per heavy atom. The number of benzene rings is 1. The number of phenolic OH excluding ortho intramolecular Hbond substituents is 1. The smallest absolute Gasteiger partial charge is 0.333 e. The Kier molecular flexibility index (Phi) is 4.89. The third kappa shape index (κ3) is 3.62. The molecule has 122 valence electrons. The first kappa shape index (κ1) is 16.8. The van der Waals surface area contributed by atoms with E-state index < -0.39 is 0 Å². The Hall–Kier alpha value is -2.56. The van der Waals surface area contributed by atoms with Crippen molar-refractivity contribution in [3.8, 4) is 11.5 Å². The Labute approximate surface area is 135 Å². The number of allylic oxidation sites excluding steroid dienone is 1. The van der Waals surface area contributed by atoms with Crippen molar-refractivity contribution in [3.63, 3.8) is 0 Å². The monoisotopic (exact) mass is 316 g/mol. The molecule has 23 heavy (non-hydrogen) atoms. The lowest BCUT2D eigenvalue weighted by Crippen LogP contribution is -2.20. The largest absolute Gasteiger partial charge is 0.507 e. The highest BCUT2D eigenvalue weighted by atomic mass is 16.5. The number of ether oxygens (including phenoxy) is 2. The summed E-state index contributed by atoms with van der Waals surface area (Å²) in [6, 6.07) is 3.07. The van der Waals surface area contributed by atoms with Crippen LogP contribution >= 0.6 is 0 Å². The number of esters is 1. The van der Waals surface area contributed by atoms with E-state index in [1.165, 1.54) is 13.0 Å². The SMILES string of the molecule is C=C(COC(=O)C(C)=CC)C1Cc2cc(C(C)=O)c(O)cc2O1. The van der Waals surface area contributed by atoms with Crippen molar-refractivity contribution in [1.82, 2.24) is 0 Å². The molecule has 0 aromatic heterocycles. The first-order valence-electron chi connectivity index (χ1n) is 7.34. The fourth-order valence-electron chi connectivity index (χ4n) is 2.27. The zero-order valence-corrected chi connectivity index (χ0v) is 13.5. The molecule has 0 saturated heterocycles. The van der Waals surface area contributed by atoms with E-state index in [2.05, 4.69) is 6.58 Å². The molecule has 1 heterocycles. The van der Waals surface area contributed by atoms with Crippen molar-refractivity contribution in [2.24, 2.45) is 0 Å². The lowest BCUT2D eigenvalue weighted by atomic mass is 10.0. The van der Waals surface area contributed by atoms with E-state index in [-0.39, 0.29) is 35.8 Å². The topological polar surface area (TPSA) is 72.8 Å². The molecule has 1 aliphatic heterocycles. The molecule has 5 nitrogen and oxygen atoms in total. The van der Waals surface area contributed by atoms with Crippen molar-refractivity contribution >= 4 is 11.8 Å². The highest BCUT2D eigenvalue weighted by Crippen LogP contribution is 2.36. The molecule has 0 bridgehead atoms. The number of carbonyl (C=O) groups is 2. The quantitative estimate of drug-likeness (QED) is 0.391. The van der Waals surface area contributed by atoms with Crippen LogP contribution in [0.4, 0.5) is 0 Å².